The number of nitrogens with zero attached hydrogens (tertiary/aromatic N) is 3. The second-order valence-corrected chi connectivity index (χ2v) is 8.90. The molecule has 0 aliphatic rings. The summed E-state index contributed by atoms with van der Waals surface area (Å²) in [7, 11) is -4.77. The molecule has 0 atom stereocenters. The number of nitrogen functional groups attached to an aromatic ring is 1. The van der Waals surface area contributed by atoms with Gasteiger partial charge in [-0.1, -0.05) is 6.07 Å². The molecule has 0 fully saturated rings. The fourth-order valence-corrected chi connectivity index (χ4v) is 4.31. The summed E-state index contributed by atoms with van der Waals surface area (Å²) in [5.41, 5.74) is 3.69. The number of benzene rings is 2. The molecule has 4 rings (SSSR count). The molecular weight excluding hydrogens is 509 g/mol. The molecule has 186 valence electrons. The zero-order valence-electron chi connectivity index (χ0n) is 17.8. The third-order valence-electron chi connectivity index (χ3n) is 4.71. The van der Waals surface area contributed by atoms with Gasteiger partial charge in [0.15, 0.2) is 17.4 Å². The van der Waals surface area contributed by atoms with Crippen molar-refractivity contribution in [3.05, 3.63) is 89.5 Å². The van der Waals surface area contributed by atoms with E-state index >= 15 is 0 Å². The summed E-state index contributed by atoms with van der Waals surface area (Å²) in [6.07, 6.45) is 2.60. The molecular formula is C22H14F5N5O3S. The van der Waals surface area contributed by atoms with Crippen LogP contribution in [-0.4, -0.2) is 23.4 Å². The zero-order valence-corrected chi connectivity index (χ0v) is 18.7. The normalized spacial score (nSPS) is 11.4. The van der Waals surface area contributed by atoms with Gasteiger partial charge in [-0.05, 0) is 30.3 Å². The van der Waals surface area contributed by atoms with E-state index in [9.17, 15) is 30.4 Å². The molecule has 0 unspecified atom stereocenters. The second-order valence-electron chi connectivity index (χ2n) is 7.18. The average molecular weight is 523 g/mol. The molecule has 2 aromatic heterocycles. The third-order valence-corrected chi connectivity index (χ3v) is 5.89. The maximum absolute atomic E-state index is 14.8. The van der Waals surface area contributed by atoms with Crippen LogP contribution in [0.2, 0.25) is 0 Å². The van der Waals surface area contributed by atoms with Gasteiger partial charge in [0.1, 0.15) is 23.1 Å². The Balaban J connectivity index is 1.65. The largest absolute Gasteiger partial charge is 0.435 e. The molecule has 0 spiro atoms. The highest BCUT2D eigenvalue weighted by atomic mass is 32.2. The van der Waals surface area contributed by atoms with Crippen molar-refractivity contribution in [2.75, 3.05) is 10.5 Å². The summed E-state index contributed by atoms with van der Waals surface area (Å²) < 4.78 is 103. The van der Waals surface area contributed by atoms with Crippen molar-refractivity contribution >= 4 is 21.7 Å². The van der Waals surface area contributed by atoms with Gasteiger partial charge >= 0.3 is 0 Å². The van der Waals surface area contributed by atoms with Gasteiger partial charge in [-0.3, -0.25) is 4.72 Å². The molecule has 4 aromatic rings. The third kappa shape index (κ3) is 5.17. The van der Waals surface area contributed by atoms with Crippen molar-refractivity contribution in [2.45, 2.75) is 5.75 Å². The molecule has 0 aliphatic heterocycles. The first-order valence-corrected chi connectivity index (χ1v) is 11.5. The highest BCUT2D eigenvalue weighted by Gasteiger charge is 2.26. The van der Waals surface area contributed by atoms with Crippen LogP contribution in [-0.2, 0) is 15.8 Å². The number of sulfonamides is 1. The minimum Gasteiger partial charge on any atom is -0.435 e. The Morgan fingerprint density at radius 1 is 0.889 bits per heavy atom. The SMILES string of the molecule is Nc1nccc(-c2cccnc2Oc2cc(F)c(NS(=O)(=O)Cc3c(F)cccc3F)c(F)c2F)n1. The van der Waals surface area contributed by atoms with E-state index in [1.165, 1.54) is 35.3 Å². The van der Waals surface area contributed by atoms with Gasteiger partial charge in [-0.15, -0.1) is 0 Å². The number of hydrogen-bond donors (Lipinski definition) is 2. The van der Waals surface area contributed by atoms with Crippen LogP contribution in [0.1, 0.15) is 5.56 Å². The quantitative estimate of drug-likeness (QED) is 0.269. The number of nitrogens with two attached hydrogens (primary N) is 1. The molecule has 2 aromatic carbocycles. The van der Waals surface area contributed by atoms with Gasteiger partial charge < -0.3 is 10.5 Å². The molecule has 0 bridgehead atoms. The summed E-state index contributed by atoms with van der Waals surface area (Å²) in [6, 6.07) is 7.41. The molecule has 0 radical (unpaired) electrons. The number of aromatic nitrogens is 3. The summed E-state index contributed by atoms with van der Waals surface area (Å²) in [6.45, 7) is 0. The molecule has 14 heteroatoms. The highest BCUT2D eigenvalue weighted by molar-refractivity contribution is 7.91. The maximum Gasteiger partial charge on any atom is 0.237 e. The van der Waals surface area contributed by atoms with Crippen molar-refractivity contribution in [3.8, 4) is 22.9 Å². The summed E-state index contributed by atoms with van der Waals surface area (Å²) in [5.74, 6) is -10.3. The van der Waals surface area contributed by atoms with Gasteiger partial charge in [0.25, 0.3) is 0 Å². The Kier molecular flexibility index (Phi) is 6.70. The van der Waals surface area contributed by atoms with Crippen LogP contribution in [0.5, 0.6) is 11.6 Å². The van der Waals surface area contributed by atoms with Crippen LogP contribution in [0, 0.1) is 29.1 Å². The molecule has 0 saturated heterocycles. The predicted molar refractivity (Wildman–Crippen MR) is 119 cm³/mol. The average Bonchev–Trinajstić information content (AvgIpc) is 2.83. The number of hydrogen-bond acceptors (Lipinski definition) is 7. The van der Waals surface area contributed by atoms with Crippen molar-refractivity contribution in [1.82, 2.24) is 15.0 Å². The summed E-state index contributed by atoms with van der Waals surface area (Å²) in [5, 5.41) is 0. The lowest BCUT2D eigenvalue weighted by atomic mass is 10.2. The number of anilines is 2. The van der Waals surface area contributed by atoms with E-state index in [4.69, 9.17) is 10.5 Å². The number of ether oxygens (including phenoxy) is 1. The molecule has 3 N–H and O–H groups in total. The van der Waals surface area contributed by atoms with Crippen LogP contribution in [0.15, 0.2) is 54.9 Å². The van der Waals surface area contributed by atoms with Gasteiger partial charge in [0.05, 0.1) is 11.3 Å². The Hall–Kier alpha value is -4.33. The Morgan fingerprint density at radius 3 is 2.31 bits per heavy atom. The van der Waals surface area contributed by atoms with Crippen LogP contribution in [0.3, 0.4) is 0 Å². The summed E-state index contributed by atoms with van der Waals surface area (Å²) in [4.78, 5) is 11.6. The van der Waals surface area contributed by atoms with Crippen molar-refractivity contribution < 1.29 is 35.1 Å². The van der Waals surface area contributed by atoms with E-state index < -0.39 is 61.9 Å². The molecule has 8 nitrogen and oxygen atoms in total. The fourth-order valence-electron chi connectivity index (χ4n) is 3.09. The maximum atomic E-state index is 14.8. The summed E-state index contributed by atoms with van der Waals surface area (Å²) >= 11 is 0. The lowest BCUT2D eigenvalue weighted by Crippen LogP contribution is -2.19. The minimum absolute atomic E-state index is 0.0857. The smallest absolute Gasteiger partial charge is 0.237 e. The first kappa shape index (κ1) is 24.8. The van der Waals surface area contributed by atoms with Gasteiger partial charge in [-0.25, -0.2) is 40.9 Å². The van der Waals surface area contributed by atoms with E-state index in [1.54, 1.807) is 0 Å². The monoisotopic (exact) mass is 523 g/mol. The van der Waals surface area contributed by atoms with Crippen molar-refractivity contribution in [1.29, 1.82) is 0 Å². The van der Waals surface area contributed by atoms with Crippen LogP contribution in [0.4, 0.5) is 33.6 Å². The number of nitrogens with one attached hydrogen (secondary N) is 1. The van der Waals surface area contributed by atoms with E-state index in [0.717, 1.165) is 18.2 Å². The first-order valence-electron chi connectivity index (χ1n) is 9.88. The van der Waals surface area contributed by atoms with E-state index in [0.29, 0.717) is 6.07 Å². The number of pyridine rings is 1. The van der Waals surface area contributed by atoms with Crippen molar-refractivity contribution in [2.24, 2.45) is 0 Å². The lowest BCUT2D eigenvalue weighted by molar-refractivity contribution is 0.401. The fraction of sp³-hybridized carbons (Fsp3) is 0.0455. The standard InChI is InChI=1S/C22H14F5N5O3S/c23-13-4-1-5-14(24)12(13)10-36(33,34)32-20-15(25)9-17(18(26)19(20)27)35-21-11(3-2-7-29-21)16-6-8-30-22(28)31-16/h1-9,32H,10H2,(H2,28,30,31). The molecule has 0 saturated carbocycles. The van der Waals surface area contributed by atoms with Gasteiger partial charge in [-0.2, -0.15) is 4.39 Å². The zero-order chi connectivity index (χ0) is 26.0. The van der Waals surface area contributed by atoms with Crippen molar-refractivity contribution in [3.63, 3.8) is 0 Å². The van der Waals surface area contributed by atoms with Crippen LogP contribution < -0.4 is 15.2 Å². The van der Waals surface area contributed by atoms with E-state index in [1.807, 2.05) is 0 Å². The lowest BCUT2D eigenvalue weighted by Gasteiger charge is -2.14. The number of rotatable bonds is 7. The molecule has 2 heterocycles. The molecule has 36 heavy (non-hydrogen) atoms. The van der Waals surface area contributed by atoms with Gasteiger partial charge in [0, 0.05) is 24.0 Å². The van der Waals surface area contributed by atoms with E-state index in [2.05, 4.69) is 15.0 Å². The Bertz CT molecular complexity index is 1550. The van der Waals surface area contributed by atoms with Crippen LogP contribution >= 0.6 is 0 Å². The van der Waals surface area contributed by atoms with Crippen LogP contribution in [0.25, 0.3) is 11.3 Å². The highest BCUT2D eigenvalue weighted by Crippen LogP contribution is 2.35. The Morgan fingerprint density at radius 2 is 1.61 bits per heavy atom. The predicted octanol–water partition coefficient (Wildman–Crippen LogP) is 4.55. The Labute approximate surface area is 200 Å². The molecule has 0 aliphatic carbocycles. The number of halogens is 5. The molecule has 0 amide bonds. The first-order chi connectivity index (χ1) is 17.1. The minimum atomic E-state index is -4.77. The topological polar surface area (TPSA) is 120 Å². The van der Waals surface area contributed by atoms with E-state index in [-0.39, 0.29) is 23.1 Å². The van der Waals surface area contributed by atoms with Gasteiger partial charge in [0.2, 0.25) is 27.7 Å². The second kappa shape index (κ2) is 9.73.